The van der Waals surface area contributed by atoms with Crippen molar-refractivity contribution in [3.05, 3.63) is 64.6 Å². The number of nitrogens with one attached hydrogen (secondary N) is 2. The van der Waals surface area contributed by atoms with Gasteiger partial charge in [0.15, 0.2) is 5.69 Å². The number of amides is 2. The third-order valence-corrected chi connectivity index (χ3v) is 4.23. The third-order valence-electron chi connectivity index (χ3n) is 4.23. The first kappa shape index (κ1) is 20.2. The maximum atomic E-state index is 12.9. The Morgan fingerprint density at radius 3 is 2.17 bits per heavy atom. The van der Waals surface area contributed by atoms with E-state index in [0.717, 1.165) is 0 Å². The molecule has 2 N–H and O–H groups in total. The molecule has 1 heterocycles. The fourth-order valence-corrected chi connectivity index (χ4v) is 2.88. The van der Waals surface area contributed by atoms with Crippen molar-refractivity contribution in [3.8, 4) is 0 Å². The Balaban J connectivity index is 1.88. The van der Waals surface area contributed by atoms with Gasteiger partial charge in [-0.15, -0.1) is 0 Å². The number of methoxy groups -OCH3 is 1. The van der Waals surface area contributed by atoms with Crippen LogP contribution in [0.15, 0.2) is 53.3 Å². The van der Waals surface area contributed by atoms with E-state index in [9.17, 15) is 14.4 Å². The van der Waals surface area contributed by atoms with Gasteiger partial charge in [-0.05, 0) is 44.2 Å². The van der Waals surface area contributed by atoms with Crippen molar-refractivity contribution in [1.29, 1.82) is 0 Å². The molecule has 3 aromatic rings. The minimum atomic E-state index is -0.424. The zero-order valence-corrected chi connectivity index (χ0v) is 16.4. The van der Waals surface area contributed by atoms with Gasteiger partial charge in [0.1, 0.15) is 6.61 Å². The lowest BCUT2D eigenvalue weighted by Crippen LogP contribution is -2.28. The van der Waals surface area contributed by atoms with Crippen LogP contribution in [0.25, 0.3) is 10.8 Å². The summed E-state index contributed by atoms with van der Waals surface area (Å²) in [6.07, 6.45) is 0. The van der Waals surface area contributed by atoms with Crippen LogP contribution in [0.1, 0.15) is 30.4 Å². The van der Waals surface area contributed by atoms with Gasteiger partial charge < -0.3 is 15.4 Å². The molecular formula is C21H22N4O4. The number of benzene rings is 2. The van der Waals surface area contributed by atoms with E-state index in [1.807, 2.05) is 13.8 Å². The normalized spacial score (nSPS) is 10.9. The first-order valence-electron chi connectivity index (χ1n) is 9.12. The molecule has 0 fully saturated rings. The van der Waals surface area contributed by atoms with Crippen molar-refractivity contribution in [3.63, 3.8) is 0 Å². The third kappa shape index (κ3) is 4.49. The average molecular weight is 394 g/mol. The molecular weight excluding hydrogens is 372 g/mol. The van der Waals surface area contributed by atoms with Crippen LogP contribution in [0, 0.1) is 0 Å². The van der Waals surface area contributed by atoms with Gasteiger partial charge in [-0.25, -0.2) is 4.68 Å². The highest BCUT2D eigenvalue weighted by Gasteiger charge is 2.18. The number of nitrogens with zero attached hydrogens (tertiary/aromatic N) is 2. The molecule has 3 rings (SSSR count). The highest BCUT2D eigenvalue weighted by molar-refractivity contribution is 6.11. The molecule has 8 heteroatoms. The highest BCUT2D eigenvalue weighted by atomic mass is 16.5. The van der Waals surface area contributed by atoms with E-state index >= 15 is 0 Å². The summed E-state index contributed by atoms with van der Waals surface area (Å²) in [6, 6.07) is 13.4. The monoisotopic (exact) mass is 394 g/mol. The van der Waals surface area contributed by atoms with Crippen molar-refractivity contribution in [1.82, 2.24) is 9.78 Å². The number of hydrogen-bond acceptors (Lipinski definition) is 5. The average Bonchev–Trinajstić information content (AvgIpc) is 2.70. The Bertz CT molecular complexity index is 1100. The molecule has 0 aliphatic heterocycles. The van der Waals surface area contributed by atoms with Gasteiger partial charge in [-0.3, -0.25) is 14.4 Å². The van der Waals surface area contributed by atoms with Crippen LogP contribution >= 0.6 is 0 Å². The Kier molecular flexibility index (Phi) is 6.04. The smallest absolute Gasteiger partial charge is 0.276 e. The van der Waals surface area contributed by atoms with E-state index in [1.54, 1.807) is 48.5 Å². The van der Waals surface area contributed by atoms with Crippen LogP contribution in [-0.4, -0.2) is 35.3 Å². The summed E-state index contributed by atoms with van der Waals surface area (Å²) in [5, 5.41) is 10.7. The van der Waals surface area contributed by atoms with Gasteiger partial charge in [0.25, 0.3) is 11.5 Å². The zero-order chi connectivity index (χ0) is 21.0. The molecule has 0 atom stereocenters. The second kappa shape index (κ2) is 8.66. The van der Waals surface area contributed by atoms with Crippen molar-refractivity contribution in [2.45, 2.75) is 19.9 Å². The van der Waals surface area contributed by atoms with Crippen LogP contribution in [0.3, 0.4) is 0 Å². The number of rotatable bonds is 6. The SMILES string of the molecule is COCC(=O)Nc1ccc(NC(=O)c2nn(C(C)C)c(=O)c3ccccc23)cc1. The lowest BCUT2D eigenvalue weighted by atomic mass is 10.1. The van der Waals surface area contributed by atoms with Gasteiger partial charge in [-0.1, -0.05) is 18.2 Å². The standard InChI is InChI=1S/C21H22N4O4/c1-13(2)25-21(28)17-7-5-4-6-16(17)19(24-25)20(27)23-15-10-8-14(9-11-15)22-18(26)12-29-3/h4-11,13H,12H2,1-3H3,(H,22,26)(H,23,27). The Labute approximate surface area is 167 Å². The lowest BCUT2D eigenvalue weighted by molar-refractivity contribution is -0.119. The van der Waals surface area contributed by atoms with E-state index in [-0.39, 0.29) is 29.8 Å². The Morgan fingerprint density at radius 2 is 1.59 bits per heavy atom. The first-order chi connectivity index (χ1) is 13.9. The fourth-order valence-electron chi connectivity index (χ4n) is 2.88. The molecule has 0 saturated carbocycles. The molecule has 0 saturated heterocycles. The molecule has 29 heavy (non-hydrogen) atoms. The maximum absolute atomic E-state index is 12.9. The van der Waals surface area contributed by atoms with Gasteiger partial charge in [0, 0.05) is 23.9 Å². The summed E-state index contributed by atoms with van der Waals surface area (Å²) in [4.78, 5) is 37.0. The molecule has 2 amide bonds. The first-order valence-corrected chi connectivity index (χ1v) is 9.12. The van der Waals surface area contributed by atoms with Gasteiger partial charge >= 0.3 is 0 Å². The number of carbonyl (C=O) groups excluding carboxylic acids is 2. The number of anilines is 2. The molecule has 0 unspecified atom stereocenters. The van der Waals surface area contributed by atoms with Crippen molar-refractivity contribution >= 4 is 34.0 Å². The molecule has 0 bridgehead atoms. The van der Waals surface area contributed by atoms with E-state index in [2.05, 4.69) is 15.7 Å². The number of hydrogen-bond donors (Lipinski definition) is 2. The largest absolute Gasteiger partial charge is 0.375 e. The van der Waals surface area contributed by atoms with E-state index in [4.69, 9.17) is 4.74 Å². The topological polar surface area (TPSA) is 102 Å². The predicted molar refractivity (Wildman–Crippen MR) is 111 cm³/mol. The second-order valence-electron chi connectivity index (χ2n) is 6.75. The quantitative estimate of drug-likeness (QED) is 0.669. The summed E-state index contributed by atoms with van der Waals surface area (Å²) >= 11 is 0. The molecule has 1 aromatic heterocycles. The number of fused-ring (bicyclic) bond motifs is 1. The predicted octanol–water partition coefficient (Wildman–Crippen LogP) is 2.81. The van der Waals surface area contributed by atoms with Crippen LogP contribution in [0.2, 0.25) is 0 Å². The summed E-state index contributed by atoms with van der Waals surface area (Å²) in [5.41, 5.74) is 1.06. The van der Waals surface area contributed by atoms with E-state index < -0.39 is 5.91 Å². The molecule has 2 aromatic carbocycles. The lowest BCUT2D eigenvalue weighted by Gasteiger charge is -2.13. The molecule has 8 nitrogen and oxygen atoms in total. The van der Waals surface area contributed by atoms with Gasteiger partial charge in [0.05, 0.1) is 11.4 Å². The zero-order valence-electron chi connectivity index (χ0n) is 16.4. The maximum Gasteiger partial charge on any atom is 0.276 e. The molecule has 150 valence electrons. The Morgan fingerprint density at radius 1 is 1.00 bits per heavy atom. The summed E-state index contributed by atoms with van der Waals surface area (Å²) < 4.78 is 6.08. The van der Waals surface area contributed by atoms with E-state index in [0.29, 0.717) is 22.1 Å². The van der Waals surface area contributed by atoms with Crippen molar-refractivity contribution < 1.29 is 14.3 Å². The minimum absolute atomic E-state index is 0.0389. The summed E-state index contributed by atoms with van der Waals surface area (Å²) in [7, 11) is 1.44. The van der Waals surface area contributed by atoms with Crippen molar-refractivity contribution in [2.75, 3.05) is 24.4 Å². The molecule has 0 aliphatic rings. The molecule has 0 spiro atoms. The molecule has 0 aliphatic carbocycles. The Hall–Kier alpha value is -3.52. The number of aromatic nitrogens is 2. The van der Waals surface area contributed by atoms with Gasteiger partial charge in [0.2, 0.25) is 5.91 Å². The summed E-state index contributed by atoms with van der Waals surface area (Å²) in [5.74, 6) is -0.692. The fraction of sp³-hybridized carbons (Fsp3) is 0.238. The second-order valence-corrected chi connectivity index (χ2v) is 6.75. The van der Waals surface area contributed by atoms with Gasteiger partial charge in [-0.2, -0.15) is 5.10 Å². The number of carbonyl (C=O) groups is 2. The molecule has 0 radical (unpaired) electrons. The number of ether oxygens (including phenoxy) is 1. The van der Waals surface area contributed by atoms with E-state index in [1.165, 1.54) is 11.8 Å². The highest BCUT2D eigenvalue weighted by Crippen LogP contribution is 2.18. The van der Waals surface area contributed by atoms with Crippen LogP contribution < -0.4 is 16.2 Å². The van der Waals surface area contributed by atoms with Crippen LogP contribution in [-0.2, 0) is 9.53 Å². The minimum Gasteiger partial charge on any atom is -0.375 e. The van der Waals surface area contributed by atoms with Crippen molar-refractivity contribution in [2.24, 2.45) is 0 Å². The summed E-state index contributed by atoms with van der Waals surface area (Å²) in [6.45, 7) is 3.63. The van der Waals surface area contributed by atoms with Crippen LogP contribution in [0.5, 0.6) is 0 Å². The van der Waals surface area contributed by atoms with Crippen LogP contribution in [0.4, 0.5) is 11.4 Å².